The molecule has 1 N–H and O–H groups in total. The first kappa shape index (κ1) is 23.1. The van der Waals surface area contributed by atoms with Crippen LogP contribution in [-0.4, -0.2) is 38.7 Å². The predicted molar refractivity (Wildman–Crippen MR) is 120 cm³/mol. The number of hydrogen-bond donors (Lipinski definition) is 1. The minimum atomic E-state index is -3.97. The Morgan fingerprint density at radius 2 is 1.58 bits per heavy atom. The molecule has 0 radical (unpaired) electrons. The maximum Gasteiger partial charge on any atom is 0.244 e. The number of nitrogens with zero attached hydrogens (tertiary/aromatic N) is 1. The van der Waals surface area contributed by atoms with Gasteiger partial charge >= 0.3 is 0 Å². The topological polar surface area (TPSA) is 76.1 Å². The molecule has 0 aliphatic carbocycles. The fraction of sp³-hybridized carbons (Fsp3) is 0.217. The van der Waals surface area contributed by atoms with Crippen molar-refractivity contribution in [2.24, 2.45) is 0 Å². The Kier molecular flexibility index (Phi) is 7.56. The molecule has 164 valence electrons. The van der Waals surface area contributed by atoms with Gasteiger partial charge in [0.25, 0.3) is 0 Å². The van der Waals surface area contributed by atoms with Gasteiger partial charge in [0, 0.05) is 11.6 Å². The van der Waals surface area contributed by atoms with E-state index in [1.807, 2.05) is 18.2 Å². The Morgan fingerprint density at radius 1 is 0.935 bits per heavy atom. The first-order chi connectivity index (χ1) is 14.9. The van der Waals surface area contributed by atoms with Gasteiger partial charge in [-0.25, -0.2) is 8.42 Å². The zero-order valence-corrected chi connectivity index (χ0v) is 18.8. The molecule has 0 aromatic heterocycles. The number of methoxy groups -OCH3 is 2. The van der Waals surface area contributed by atoms with Crippen LogP contribution in [0.2, 0.25) is 5.02 Å². The van der Waals surface area contributed by atoms with E-state index < -0.39 is 16.1 Å². The fourth-order valence-corrected chi connectivity index (χ4v) is 5.02. The van der Waals surface area contributed by atoms with Crippen molar-refractivity contribution < 1.29 is 23.0 Å². The second-order valence-electron chi connectivity index (χ2n) is 6.80. The largest absolute Gasteiger partial charge is 0.493 e. The van der Waals surface area contributed by atoms with Gasteiger partial charge in [-0.2, -0.15) is 4.31 Å². The number of ether oxygens (including phenoxy) is 2. The fourth-order valence-electron chi connectivity index (χ4n) is 3.30. The van der Waals surface area contributed by atoms with Crippen LogP contribution in [0.25, 0.3) is 0 Å². The van der Waals surface area contributed by atoms with E-state index in [0.29, 0.717) is 27.6 Å². The monoisotopic (exact) mass is 461 g/mol. The van der Waals surface area contributed by atoms with Crippen molar-refractivity contribution in [3.8, 4) is 11.5 Å². The lowest BCUT2D eigenvalue weighted by Gasteiger charge is -2.30. The zero-order valence-electron chi connectivity index (χ0n) is 17.2. The summed E-state index contributed by atoms with van der Waals surface area (Å²) in [4.78, 5) is 0.0896. The van der Waals surface area contributed by atoms with Gasteiger partial charge in [-0.15, -0.1) is 0 Å². The summed E-state index contributed by atoms with van der Waals surface area (Å²) < 4.78 is 39.1. The molecule has 0 bridgehead atoms. The highest BCUT2D eigenvalue weighted by atomic mass is 35.5. The van der Waals surface area contributed by atoms with Gasteiger partial charge in [-0.05, 0) is 47.5 Å². The normalized spacial score (nSPS) is 12.5. The van der Waals surface area contributed by atoms with Crippen LogP contribution in [0.4, 0.5) is 0 Å². The number of aliphatic hydroxyl groups is 1. The molecule has 0 aliphatic heterocycles. The third-order valence-corrected chi connectivity index (χ3v) is 7.03. The van der Waals surface area contributed by atoms with E-state index >= 15 is 0 Å². The van der Waals surface area contributed by atoms with Gasteiger partial charge in [-0.3, -0.25) is 0 Å². The van der Waals surface area contributed by atoms with Gasteiger partial charge in [0.05, 0.1) is 31.8 Å². The molecule has 8 heteroatoms. The van der Waals surface area contributed by atoms with E-state index in [2.05, 4.69) is 0 Å². The summed E-state index contributed by atoms with van der Waals surface area (Å²) in [6.45, 7) is -0.366. The molecule has 0 fully saturated rings. The molecule has 0 saturated carbocycles. The molecule has 0 heterocycles. The van der Waals surface area contributed by atoms with Crippen LogP contribution in [0.3, 0.4) is 0 Å². The molecule has 3 aromatic carbocycles. The molecular weight excluding hydrogens is 438 g/mol. The molecular formula is C23H24ClNO5S. The van der Waals surface area contributed by atoms with Crippen molar-refractivity contribution in [2.45, 2.75) is 17.5 Å². The van der Waals surface area contributed by atoms with E-state index in [1.165, 1.54) is 42.8 Å². The lowest BCUT2D eigenvalue weighted by Crippen LogP contribution is -2.36. The molecule has 0 unspecified atom stereocenters. The quantitative estimate of drug-likeness (QED) is 0.514. The van der Waals surface area contributed by atoms with Crippen LogP contribution in [0.1, 0.15) is 17.2 Å². The lowest BCUT2D eigenvalue weighted by atomic mass is 10.1. The Morgan fingerprint density at radius 3 is 2.16 bits per heavy atom. The number of aliphatic hydroxyl groups excluding tert-OH is 1. The zero-order chi connectivity index (χ0) is 22.4. The second kappa shape index (κ2) is 10.2. The summed E-state index contributed by atoms with van der Waals surface area (Å²) in [5.74, 6) is 1.03. The first-order valence-corrected chi connectivity index (χ1v) is 11.4. The summed E-state index contributed by atoms with van der Waals surface area (Å²) in [5, 5.41) is 10.6. The van der Waals surface area contributed by atoms with Gasteiger partial charge < -0.3 is 14.6 Å². The van der Waals surface area contributed by atoms with Gasteiger partial charge in [-0.1, -0.05) is 48.0 Å². The minimum absolute atomic E-state index is 0.0193. The molecule has 0 aliphatic rings. The van der Waals surface area contributed by atoms with Crippen LogP contribution in [0.5, 0.6) is 11.5 Å². The van der Waals surface area contributed by atoms with Crippen LogP contribution in [0, 0.1) is 0 Å². The molecule has 1 atom stereocenters. The van der Waals surface area contributed by atoms with Crippen molar-refractivity contribution in [3.63, 3.8) is 0 Å². The average Bonchev–Trinajstić information content (AvgIpc) is 2.79. The summed E-state index contributed by atoms with van der Waals surface area (Å²) in [6, 6.07) is 19.4. The highest BCUT2D eigenvalue weighted by Gasteiger charge is 2.32. The third-order valence-electron chi connectivity index (χ3n) is 4.91. The molecule has 0 spiro atoms. The minimum Gasteiger partial charge on any atom is -0.493 e. The van der Waals surface area contributed by atoms with Gasteiger partial charge in [0.2, 0.25) is 10.0 Å². The molecule has 31 heavy (non-hydrogen) atoms. The maximum absolute atomic E-state index is 13.6. The first-order valence-electron chi connectivity index (χ1n) is 9.54. The van der Waals surface area contributed by atoms with E-state index in [0.717, 1.165) is 0 Å². The van der Waals surface area contributed by atoms with E-state index in [-0.39, 0.29) is 18.0 Å². The van der Waals surface area contributed by atoms with Crippen LogP contribution in [0.15, 0.2) is 77.7 Å². The highest BCUT2D eigenvalue weighted by molar-refractivity contribution is 7.89. The van der Waals surface area contributed by atoms with E-state index in [4.69, 9.17) is 21.1 Å². The maximum atomic E-state index is 13.6. The molecule has 3 rings (SSSR count). The van der Waals surface area contributed by atoms with Crippen LogP contribution >= 0.6 is 11.6 Å². The predicted octanol–water partition coefficient (Wildman–Crippen LogP) is 4.28. The third kappa shape index (κ3) is 5.19. The number of benzene rings is 3. The summed E-state index contributed by atoms with van der Waals surface area (Å²) in [7, 11) is -0.916. The number of rotatable bonds is 9. The molecule has 0 amide bonds. The highest BCUT2D eigenvalue weighted by Crippen LogP contribution is 2.33. The average molecular weight is 462 g/mol. The Hall–Kier alpha value is -2.58. The van der Waals surface area contributed by atoms with Crippen molar-refractivity contribution in [3.05, 3.63) is 88.9 Å². The molecule has 0 saturated heterocycles. The van der Waals surface area contributed by atoms with Gasteiger partial charge in [0.1, 0.15) is 0 Å². The Labute approximate surface area is 187 Å². The summed E-state index contributed by atoms with van der Waals surface area (Å²) in [5.41, 5.74) is 1.37. The SMILES string of the molecule is COc1ccc(CN([C@@H](CO)c2ccccc2)S(=O)(=O)c2ccc(Cl)cc2)cc1OC. The smallest absolute Gasteiger partial charge is 0.244 e. The Balaban J connectivity index is 2.09. The molecule has 3 aromatic rings. The van der Waals surface area contributed by atoms with E-state index in [9.17, 15) is 13.5 Å². The van der Waals surface area contributed by atoms with E-state index in [1.54, 1.807) is 30.3 Å². The van der Waals surface area contributed by atoms with Crippen LogP contribution < -0.4 is 9.47 Å². The van der Waals surface area contributed by atoms with Gasteiger partial charge in [0.15, 0.2) is 11.5 Å². The number of sulfonamides is 1. The summed E-state index contributed by atoms with van der Waals surface area (Å²) >= 11 is 5.94. The van der Waals surface area contributed by atoms with Crippen LogP contribution in [-0.2, 0) is 16.6 Å². The van der Waals surface area contributed by atoms with Crippen molar-refractivity contribution in [1.29, 1.82) is 0 Å². The summed E-state index contributed by atoms with van der Waals surface area (Å²) in [6.07, 6.45) is 0. The van der Waals surface area contributed by atoms with Crippen molar-refractivity contribution in [1.82, 2.24) is 4.31 Å². The molecule has 6 nitrogen and oxygen atoms in total. The lowest BCUT2D eigenvalue weighted by molar-refractivity contribution is 0.184. The standard InChI is InChI=1S/C23H24ClNO5S/c1-29-22-13-8-17(14-23(22)30-2)15-25(21(16-26)18-6-4-3-5-7-18)31(27,28)20-11-9-19(24)10-12-20/h3-14,21,26H,15-16H2,1-2H3/t21-/m0/s1. The Bertz CT molecular complexity index is 1100. The van der Waals surface area contributed by atoms with Crippen molar-refractivity contribution >= 4 is 21.6 Å². The number of hydrogen-bond acceptors (Lipinski definition) is 5. The second-order valence-corrected chi connectivity index (χ2v) is 9.13. The number of halogens is 1. The van der Waals surface area contributed by atoms with Crippen molar-refractivity contribution in [2.75, 3.05) is 20.8 Å².